The minimum Gasteiger partial charge on any atom is -0.396 e. The number of rotatable bonds is 2. The fourth-order valence-corrected chi connectivity index (χ4v) is 1.50. The van der Waals surface area contributed by atoms with Gasteiger partial charge in [-0.1, -0.05) is 0 Å². The topological polar surface area (TPSA) is 50.9 Å². The van der Waals surface area contributed by atoms with E-state index in [4.69, 9.17) is 5.73 Å². The molecule has 3 nitrogen and oxygen atoms in total. The van der Waals surface area contributed by atoms with E-state index >= 15 is 0 Å². The van der Waals surface area contributed by atoms with Crippen LogP contribution >= 0.6 is 0 Å². The second kappa shape index (κ2) is 3.84. The zero-order chi connectivity index (χ0) is 11.8. The molecular formula is C10H12F3N3. The molecule has 6 heteroatoms. The van der Waals surface area contributed by atoms with Crippen molar-refractivity contribution in [2.75, 3.05) is 11.1 Å². The zero-order valence-electron chi connectivity index (χ0n) is 8.51. The molecular weight excluding hydrogens is 219 g/mol. The average molecular weight is 231 g/mol. The highest BCUT2D eigenvalue weighted by Crippen LogP contribution is 2.32. The van der Waals surface area contributed by atoms with E-state index in [-0.39, 0.29) is 5.69 Å². The van der Waals surface area contributed by atoms with E-state index < -0.39 is 11.7 Å². The highest BCUT2D eigenvalue weighted by molar-refractivity contribution is 5.62. The number of nitrogens with two attached hydrogens (primary N) is 1. The molecule has 16 heavy (non-hydrogen) atoms. The minimum atomic E-state index is -4.39. The number of anilines is 2. The molecule has 1 saturated carbocycles. The summed E-state index contributed by atoms with van der Waals surface area (Å²) in [6.45, 7) is 0. The molecule has 0 radical (unpaired) electrons. The summed E-state index contributed by atoms with van der Waals surface area (Å²) in [7, 11) is 0. The standard InChI is InChI=1S/C10H12F3N3/c11-10(12,13)6-4-8(14)9(15-5-6)16-7-2-1-3-7/h4-5,7H,1-3,14H2,(H,15,16). The lowest BCUT2D eigenvalue weighted by Gasteiger charge is -2.27. The summed E-state index contributed by atoms with van der Waals surface area (Å²) in [6, 6.07) is 1.21. The Hall–Kier alpha value is -1.46. The quantitative estimate of drug-likeness (QED) is 0.822. The van der Waals surface area contributed by atoms with E-state index in [0.717, 1.165) is 31.5 Å². The van der Waals surface area contributed by atoms with Crippen molar-refractivity contribution >= 4 is 11.5 Å². The van der Waals surface area contributed by atoms with E-state index in [1.165, 1.54) is 0 Å². The number of pyridine rings is 1. The maximum atomic E-state index is 12.3. The van der Waals surface area contributed by atoms with Gasteiger partial charge in [0.05, 0.1) is 11.3 Å². The van der Waals surface area contributed by atoms with Gasteiger partial charge in [-0.3, -0.25) is 0 Å². The van der Waals surface area contributed by atoms with Crippen LogP contribution in [0.15, 0.2) is 12.3 Å². The lowest BCUT2D eigenvalue weighted by molar-refractivity contribution is -0.137. The minimum absolute atomic E-state index is 0.0433. The molecule has 0 spiro atoms. The van der Waals surface area contributed by atoms with Crippen molar-refractivity contribution in [1.29, 1.82) is 0 Å². The molecule has 0 aromatic carbocycles. The van der Waals surface area contributed by atoms with Gasteiger partial charge in [0.15, 0.2) is 0 Å². The number of halogens is 3. The molecule has 3 N–H and O–H groups in total. The van der Waals surface area contributed by atoms with Gasteiger partial charge in [0.2, 0.25) is 0 Å². The van der Waals surface area contributed by atoms with Crippen molar-refractivity contribution in [2.24, 2.45) is 0 Å². The Morgan fingerprint density at radius 2 is 2.06 bits per heavy atom. The molecule has 0 unspecified atom stereocenters. The second-order valence-electron chi connectivity index (χ2n) is 3.93. The number of nitrogens with zero attached hydrogens (tertiary/aromatic N) is 1. The number of hydrogen-bond acceptors (Lipinski definition) is 3. The SMILES string of the molecule is Nc1cc(C(F)(F)F)cnc1NC1CCC1. The third-order valence-electron chi connectivity index (χ3n) is 2.69. The van der Waals surface area contributed by atoms with Crippen LogP contribution in [0, 0.1) is 0 Å². The predicted molar refractivity (Wildman–Crippen MR) is 54.9 cm³/mol. The zero-order valence-corrected chi connectivity index (χ0v) is 8.51. The normalized spacial score (nSPS) is 16.9. The Kier molecular flexibility index (Phi) is 2.65. The number of nitrogens with one attached hydrogen (secondary N) is 1. The van der Waals surface area contributed by atoms with Gasteiger partial charge >= 0.3 is 6.18 Å². The summed E-state index contributed by atoms with van der Waals surface area (Å²) in [5.41, 5.74) is 4.75. The van der Waals surface area contributed by atoms with Crippen molar-refractivity contribution in [2.45, 2.75) is 31.5 Å². The molecule has 0 aliphatic heterocycles. The van der Waals surface area contributed by atoms with Gasteiger partial charge in [0.25, 0.3) is 0 Å². The molecule has 0 bridgehead atoms. The Bertz CT molecular complexity index is 385. The Labute approximate surface area is 90.9 Å². The summed E-state index contributed by atoms with van der Waals surface area (Å²) in [4.78, 5) is 3.71. The second-order valence-corrected chi connectivity index (χ2v) is 3.93. The molecule has 1 aliphatic carbocycles. The number of hydrogen-bond donors (Lipinski definition) is 2. The first-order chi connectivity index (χ1) is 7.47. The molecule has 0 amide bonds. The maximum absolute atomic E-state index is 12.3. The molecule has 88 valence electrons. The van der Waals surface area contributed by atoms with E-state index in [0.29, 0.717) is 11.9 Å². The lowest BCUT2D eigenvalue weighted by Crippen LogP contribution is -2.28. The first kappa shape index (κ1) is 11.0. The molecule has 1 aromatic heterocycles. The van der Waals surface area contributed by atoms with Crippen LogP contribution in [0.5, 0.6) is 0 Å². The number of nitrogen functional groups attached to an aromatic ring is 1. The van der Waals surface area contributed by atoms with Gasteiger partial charge in [-0.05, 0) is 25.3 Å². The van der Waals surface area contributed by atoms with Crippen LogP contribution < -0.4 is 11.1 Å². The highest BCUT2D eigenvalue weighted by atomic mass is 19.4. The van der Waals surface area contributed by atoms with E-state index in [9.17, 15) is 13.2 Å². The molecule has 0 saturated heterocycles. The monoisotopic (exact) mass is 231 g/mol. The summed E-state index contributed by atoms with van der Waals surface area (Å²) >= 11 is 0. The van der Waals surface area contributed by atoms with Crippen LogP contribution in [-0.2, 0) is 6.18 Å². The third kappa shape index (κ3) is 2.20. The molecule has 2 rings (SSSR count). The van der Waals surface area contributed by atoms with Gasteiger partial charge in [0, 0.05) is 12.2 Å². The predicted octanol–water partition coefficient (Wildman–Crippen LogP) is 2.65. The Balaban J connectivity index is 2.15. The first-order valence-electron chi connectivity index (χ1n) is 5.06. The lowest BCUT2D eigenvalue weighted by atomic mass is 9.93. The molecule has 1 aliphatic rings. The van der Waals surface area contributed by atoms with Crippen molar-refractivity contribution in [3.63, 3.8) is 0 Å². The van der Waals surface area contributed by atoms with Gasteiger partial charge < -0.3 is 11.1 Å². The summed E-state index contributed by atoms with van der Waals surface area (Å²) < 4.78 is 37.0. The van der Waals surface area contributed by atoms with Crippen LogP contribution in [0.2, 0.25) is 0 Å². The van der Waals surface area contributed by atoms with Crippen LogP contribution in [0.1, 0.15) is 24.8 Å². The fourth-order valence-electron chi connectivity index (χ4n) is 1.50. The third-order valence-corrected chi connectivity index (χ3v) is 2.69. The summed E-state index contributed by atoms with van der Waals surface area (Å²) in [5, 5.41) is 3.02. The van der Waals surface area contributed by atoms with Crippen LogP contribution in [0.3, 0.4) is 0 Å². The van der Waals surface area contributed by atoms with E-state index in [2.05, 4.69) is 10.3 Å². The Morgan fingerprint density at radius 1 is 1.38 bits per heavy atom. The Morgan fingerprint density at radius 3 is 2.50 bits per heavy atom. The maximum Gasteiger partial charge on any atom is 0.417 e. The van der Waals surface area contributed by atoms with Crippen LogP contribution in [0.25, 0.3) is 0 Å². The molecule has 0 atom stereocenters. The largest absolute Gasteiger partial charge is 0.417 e. The average Bonchev–Trinajstić information content (AvgIpc) is 2.11. The summed E-state index contributed by atoms with van der Waals surface area (Å²) in [5.74, 6) is 0.345. The van der Waals surface area contributed by atoms with Gasteiger partial charge in [-0.2, -0.15) is 13.2 Å². The van der Waals surface area contributed by atoms with Crippen molar-refractivity contribution in [1.82, 2.24) is 4.98 Å². The summed E-state index contributed by atoms with van der Waals surface area (Å²) in [6.07, 6.45) is -0.421. The number of aromatic nitrogens is 1. The van der Waals surface area contributed by atoms with Gasteiger partial charge in [-0.15, -0.1) is 0 Å². The molecule has 1 heterocycles. The van der Waals surface area contributed by atoms with Gasteiger partial charge in [0.1, 0.15) is 5.82 Å². The molecule has 1 aromatic rings. The van der Waals surface area contributed by atoms with Crippen LogP contribution in [-0.4, -0.2) is 11.0 Å². The van der Waals surface area contributed by atoms with E-state index in [1.807, 2.05) is 0 Å². The van der Waals surface area contributed by atoms with Crippen molar-refractivity contribution in [3.8, 4) is 0 Å². The van der Waals surface area contributed by atoms with Crippen LogP contribution in [0.4, 0.5) is 24.7 Å². The highest BCUT2D eigenvalue weighted by Gasteiger charge is 2.31. The number of alkyl halides is 3. The first-order valence-corrected chi connectivity index (χ1v) is 5.06. The van der Waals surface area contributed by atoms with Crippen molar-refractivity contribution in [3.05, 3.63) is 17.8 Å². The molecule has 1 fully saturated rings. The fraction of sp³-hybridized carbons (Fsp3) is 0.500. The van der Waals surface area contributed by atoms with Crippen molar-refractivity contribution < 1.29 is 13.2 Å². The smallest absolute Gasteiger partial charge is 0.396 e. The van der Waals surface area contributed by atoms with E-state index in [1.54, 1.807) is 0 Å². The van der Waals surface area contributed by atoms with Gasteiger partial charge in [-0.25, -0.2) is 4.98 Å².